The van der Waals surface area contributed by atoms with Gasteiger partial charge in [-0.3, -0.25) is 14.9 Å². The highest BCUT2D eigenvalue weighted by atomic mass is 32.2. The van der Waals surface area contributed by atoms with Crippen molar-refractivity contribution in [2.75, 3.05) is 20.2 Å². The highest BCUT2D eigenvalue weighted by Gasteiger charge is 2.30. The van der Waals surface area contributed by atoms with E-state index in [1.54, 1.807) is 24.3 Å². The van der Waals surface area contributed by atoms with E-state index in [1.807, 2.05) is 0 Å². The van der Waals surface area contributed by atoms with Gasteiger partial charge in [-0.25, -0.2) is 8.42 Å². The highest BCUT2D eigenvalue weighted by Crippen LogP contribution is 2.23. The van der Waals surface area contributed by atoms with Gasteiger partial charge < -0.3 is 10.1 Å². The number of nitrogens with one attached hydrogen (secondary N) is 1. The molecule has 10 heteroatoms. The van der Waals surface area contributed by atoms with Gasteiger partial charge in [-0.05, 0) is 37.1 Å². The number of methoxy groups -OCH3 is 1. The number of sulfonamides is 1. The molecule has 29 heavy (non-hydrogen) atoms. The normalized spacial score (nSPS) is 15.6. The molecule has 1 fully saturated rings. The average Bonchev–Trinajstić information content (AvgIpc) is 2.74. The second-order valence-corrected chi connectivity index (χ2v) is 8.54. The Bertz CT molecular complexity index is 999. The number of carbonyl (C=O) groups is 1. The van der Waals surface area contributed by atoms with Crippen LogP contribution in [0.3, 0.4) is 0 Å². The topological polar surface area (TPSA) is 119 Å². The van der Waals surface area contributed by atoms with Gasteiger partial charge in [-0.15, -0.1) is 0 Å². The van der Waals surface area contributed by atoms with Gasteiger partial charge >= 0.3 is 0 Å². The van der Waals surface area contributed by atoms with Crippen LogP contribution in [-0.4, -0.2) is 49.8 Å². The minimum absolute atomic E-state index is 0.0135. The summed E-state index contributed by atoms with van der Waals surface area (Å²) in [5.74, 6) is 0.210. The van der Waals surface area contributed by atoms with Crippen LogP contribution in [-0.2, 0) is 10.0 Å². The molecule has 3 rings (SSSR count). The zero-order chi connectivity index (χ0) is 21.0. The number of hydrogen-bond donors (Lipinski definition) is 1. The SMILES string of the molecule is COc1ccccc1C(=O)NC1CCN(S(=O)(=O)c2ccc([N+](=O)[O-])cc2)CC1. The van der Waals surface area contributed by atoms with E-state index >= 15 is 0 Å². The molecule has 0 radical (unpaired) electrons. The number of para-hydroxylation sites is 1. The maximum Gasteiger partial charge on any atom is 0.269 e. The quantitative estimate of drug-likeness (QED) is 0.566. The first-order valence-corrected chi connectivity index (χ1v) is 10.5. The predicted octanol–water partition coefficient (Wildman–Crippen LogP) is 2.19. The molecule has 154 valence electrons. The number of non-ortho nitro benzene ring substituents is 1. The van der Waals surface area contributed by atoms with E-state index < -0.39 is 14.9 Å². The largest absolute Gasteiger partial charge is 0.496 e. The van der Waals surface area contributed by atoms with Crippen LogP contribution >= 0.6 is 0 Å². The molecular weight excluding hydrogens is 398 g/mol. The smallest absolute Gasteiger partial charge is 0.269 e. The summed E-state index contributed by atoms with van der Waals surface area (Å²) in [4.78, 5) is 22.7. The van der Waals surface area contributed by atoms with E-state index in [4.69, 9.17) is 4.74 Å². The summed E-state index contributed by atoms with van der Waals surface area (Å²) in [5.41, 5.74) is 0.262. The fourth-order valence-electron chi connectivity index (χ4n) is 3.22. The van der Waals surface area contributed by atoms with E-state index in [0.717, 1.165) is 0 Å². The second kappa shape index (κ2) is 8.58. The summed E-state index contributed by atoms with van der Waals surface area (Å²) in [6.07, 6.45) is 0.931. The molecule has 1 heterocycles. The van der Waals surface area contributed by atoms with Gasteiger partial charge in [0.15, 0.2) is 0 Å². The summed E-state index contributed by atoms with van der Waals surface area (Å²) in [6, 6.07) is 11.6. The molecule has 0 aliphatic carbocycles. The molecule has 2 aromatic carbocycles. The third-order valence-corrected chi connectivity index (χ3v) is 6.74. The first kappa shape index (κ1) is 20.7. The summed E-state index contributed by atoms with van der Waals surface area (Å²) >= 11 is 0. The van der Waals surface area contributed by atoms with Crippen molar-refractivity contribution < 1.29 is 22.9 Å². The second-order valence-electron chi connectivity index (χ2n) is 6.60. The van der Waals surface area contributed by atoms with Crippen LogP contribution in [0.5, 0.6) is 5.75 Å². The zero-order valence-electron chi connectivity index (χ0n) is 15.8. The Morgan fingerprint density at radius 2 is 1.76 bits per heavy atom. The van der Waals surface area contributed by atoms with Crippen LogP contribution in [0, 0.1) is 10.1 Å². The lowest BCUT2D eigenvalue weighted by molar-refractivity contribution is -0.384. The maximum absolute atomic E-state index is 12.8. The molecule has 1 N–H and O–H groups in total. The van der Waals surface area contributed by atoms with Gasteiger partial charge in [0.1, 0.15) is 5.75 Å². The van der Waals surface area contributed by atoms with Crippen molar-refractivity contribution in [2.24, 2.45) is 0 Å². The third-order valence-electron chi connectivity index (χ3n) is 4.83. The van der Waals surface area contributed by atoms with Crippen molar-refractivity contribution in [3.05, 3.63) is 64.2 Å². The number of ether oxygens (including phenoxy) is 1. The number of rotatable bonds is 6. The van der Waals surface area contributed by atoms with Gasteiger partial charge in [0.05, 0.1) is 22.5 Å². The predicted molar refractivity (Wildman–Crippen MR) is 105 cm³/mol. The number of carbonyl (C=O) groups excluding carboxylic acids is 1. The molecule has 0 saturated carbocycles. The molecule has 1 amide bonds. The lowest BCUT2D eigenvalue weighted by Crippen LogP contribution is -2.46. The summed E-state index contributed by atoms with van der Waals surface area (Å²) in [6.45, 7) is 0.492. The molecular formula is C19H21N3O6S. The number of hydrogen-bond acceptors (Lipinski definition) is 6. The maximum atomic E-state index is 12.8. The Morgan fingerprint density at radius 1 is 1.14 bits per heavy atom. The van der Waals surface area contributed by atoms with Crippen LogP contribution in [0.25, 0.3) is 0 Å². The van der Waals surface area contributed by atoms with Crippen molar-refractivity contribution >= 4 is 21.6 Å². The Morgan fingerprint density at radius 3 is 2.34 bits per heavy atom. The summed E-state index contributed by atoms with van der Waals surface area (Å²) in [5, 5.41) is 13.7. The fourth-order valence-corrected chi connectivity index (χ4v) is 4.69. The highest BCUT2D eigenvalue weighted by molar-refractivity contribution is 7.89. The number of nitro benzene ring substituents is 1. The van der Waals surface area contributed by atoms with Crippen molar-refractivity contribution in [1.82, 2.24) is 9.62 Å². The molecule has 0 spiro atoms. The molecule has 1 aliphatic heterocycles. The van der Waals surface area contributed by atoms with E-state index in [1.165, 1.54) is 35.7 Å². The summed E-state index contributed by atoms with van der Waals surface area (Å²) < 4.78 is 32.0. The molecule has 0 aromatic heterocycles. The van der Waals surface area contributed by atoms with Crippen molar-refractivity contribution in [3.63, 3.8) is 0 Å². The molecule has 0 unspecified atom stereocenters. The minimum Gasteiger partial charge on any atom is -0.496 e. The molecule has 0 bridgehead atoms. The lowest BCUT2D eigenvalue weighted by Gasteiger charge is -2.31. The zero-order valence-corrected chi connectivity index (χ0v) is 16.6. The Labute approximate surface area is 168 Å². The molecule has 9 nitrogen and oxygen atoms in total. The monoisotopic (exact) mass is 419 g/mol. The Kier molecular flexibility index (Phi) is 6.14. The van der Waals surface area contributed by atoms with E-state index in [-0.39, 0.29) is 35.6 Å². The number of piperidine rings is 1. The Hall–Kier alpha value is -2.98. The van der Waals surface area contributed by atoms with Crippen molar-refractivity contribution in [2.45, 2.75) is 23.8 Å². The molecule has 0 atom stereocenters. The fraction of sp³-hybridized carbons (Fsp3) is 0.316. The number of nitro groups is 1. The van der Waals surface area contributed by atoms with E-state index in [2.05, 4.69) is 5.32 Å². The molecule has 2 aromatic rings. The van der Waals surface area contributed by atoms with Crippen LogP contribution in [0.4, 0.5) is 5.69 Å². The van der Waals surface area contributed by atoms with Crippen molar-refractivity contribution in [1.29, 1.82) is 0 Å². The Balaban J connectivity index is 1.62. The first-order chi connectivity index (χ1) is 13.8. The van der Waals surface area contributed by atoms with Crippen LogP contribution in [0.2, 0.25) is 0 Å². The van der Waals surface area contributed by atoms with E-state index in [0.29, 0.717) is 24.2 Å². The lowest BCUT2D eigenvalue weighted by atomic mass is 10.1. The number of benzene rings is 2. The molecule has 1 saturated heterocycles. The number of amides is 1. The third kappa shape index (κ3) is 4.54. The molecule has 1 aliphatic rings. The van der Waals surface area contributed by atoms with Crippen LogP contribution < -0.4 is 10.1 Å². The van der Waals surface area contributed by atoms with Crippen molar-refractivity contribution in [3.8, 4) is 5.75 Å². The van der Waals surface area contributed by atoms with Gasteiger partial charge in [0.25, 0.3) is 11.6 Å². The standard InChI is InChI=1S/C19H21N3O6S/c1-28-18-5-3-2-4-17(18)19(23)20-14-10-12-21(13-11-14)29(26,27)16-8-6-15(7-9-16)22(24)25/h2-9,14H,10-13H2,1H3,(H,20,23). The summed E-state index contributed by atoms with van der Waals surface area (Å²) in [7, 11) is -2.25. The van der Waals surface area contributed by atoms with Gasteiger partial charge in [-0.1, -0.05) is 12.1 Å². The minimum atomic E-state index is -3.74. The number of nitrogens with zero attached hydrogens (tertiary/aromatic N) is 2. The van der Waals surface area contributed by atoms with Crippen LogP contribution in [0.15, 0.2) is 53.4 Å². The van der Waals surface area contributed by atoms with Gasteiger partial charge in [-0.2, -0.15) is 4.31 Å². The van der Waals surface area contributed by atoms with Gasteiger partial charge in [0, 0.05) is 31.3 Å². The van der Waals surface area contributed by atoms with Gasteiger partial charge in [0.2, 0.25) is 10.0 Å². The van der Waals surface area contributed by atoms with Crippen LogP contribution in [0.1, 0.15) is 23.2 Å². The van der Waals surface area contributed by atoms with E-state index in [9.17, 15) is 23.3 Å². The average molecular weight is 419 g/mol. The first-order valence-electron chi connectivity index (χ1n) is 9.01.